The number of anilines is 1. The van der Waals surface area contributed by atoms with Crippen molar-refractivity contribution in [2.45, 2.75) is 38.8 Å². The predicted molar refractivity (Wildman–Crippen MR) is 78.2 cm³/mol. The van der Waals surface area contributed by atoms with Crippen molar-refractivity contribution in [3.05, 3.63) is 29.8 Å². The molecule has 3 N–H and O–H groups in total. The van der Waals surface area contributed by atoms with Gasteiger partial charge in [-0.1, -0.05) is 19.1 Å². The molecule has 0 spiro atoms. The quantitative estimate of drug-likeness (QED) is 0.816. The van der Waals surface area contributed by atoms with Crippen molar-refractivity contribution in [2.24, 2.45) is 5.73 Å². The highest BCUT2D eigenvalue weighted by Crippen LogP contribution is 2.27. The lowest BCUT2D eigenvalue weighted by Crippen LogP contribution is -2.64. The normalized spacial score (nSPS) is 19.7. The number of piperazine rings is 1. The molecule has 1 heterocycles. The maximum absolute atomic E-state index is 11.9. The fraction of sp³-hybridized carbons (Fsp3) is 0.467. The van der Waals surface area contributed by atoms with E-state index in [2.05, 4.69) is 5.32 Å². The summed E-state index contributed by atoms with van der Waals surface area (Å²) < 4.78 is 0. The Hall–Kier alpha value is -1.88. The molecule has 108 valence electrons. The van der Waals surface area contributed by atoms with Crippen LogP contribution in [0.1, 0.15) is 38.8 Å². The highest BCUT2D eigenvalue weighted by molar-refractivity contribution is 6.06. The van der Waals surface area contributed by atoms with E-state index in [1.165, 1.54) is 0 Å². The van der Waals surface area contributed by atoms with Gasteiger partial charge < -0.3 is 10.6 Å². The molecule has 0 aliphatic carbocycles. The number of nitrogens with zero attached hydrogens (tertiary/aromatic N) is 1. The van der Waals surface area contributed by atoms with E-state index in [-0.39, 0.29) is 24.4 Å². The van der Waals surface area contributed by atoms with Crippen molar-refractivity contribution < 1.29 is 9.59 Å². The summed E-state index contributed by atoms with van der Waals surface area (Å²) in [4.78, 5) is 25.3. The zero-order valence-electron chi connectivity index (χ0n) is 12.1. The van der Waals surface area contributed by atoms with Gasteiger partial charge in [0.15, 0.2) is 0 Å². The largest absolute Gasteiger partial charge is 0.348 e. The molecule has 2 amide bonds. The zero-order valence-corrected chi connectivity index (χ0v) is 12.1. The third-order valence-corrected chi connectivity index (χ3v) is 3.86. The van der Waals surface area contributed by atoms with Crippen LogP contribution in [0.25, 0.3) is 0 Å². The van der Waals surface area contributed by atoms with Crippen molar-refractivity contribution in [3.63, 3.8) is 0 Å². The van der Waals surface area contributed by atoms with Crippen LogP contribution >= 0.6 is 0 Å². The minimum absolute atomic E-state index is 0.0170. The van der Waals surface area contributed by atoms with Gasteiger partial charge in [0.25, 0.3) is 5.91 Å². The van der Waals surface area contributed by atoms with Crippen LogP contribution in [0.3, 0.4) is 0 Å². The Morgan fingerprint density at radius 3 is 2.45 bits per heavy atom. The van der Waals surface area contributed by atoms with E-state index in [4.69, 9.17) is 5.73 Å². The number of nitrogens with one attached hydrogen (secondary N) is 1. The first kappa shape index (κ1) is 14.5. The van der Waals surface area contributed by atoms with Crippen molar-refractivity contribution in [1.82, 2.24) is 5.32 Å². The zero-order chi connectivity index (χ0) is 14.9. The Bertz CT molecular complexity index is 522. The molecule has 0 radical (unpaired) electrons. The topological polar surface area (TPSA) is 75.4 Å². The molecule has 1 aromatic rings. The van der Waals surface area contributed by atoms with Crippen LogP contribution in [-0.2, 0) is 9.59 Å². The van der Waals surface area contributed by atoms with Gasteiger partial charge in [-0.25, -0.2) is 0 Å². The number of benzene rings is 1. The number of carbonyl (C=O) groups excluding carboxylic acids is 2. The summed E-state index contributed by atoms with van der Waals surface area (Å²) in [5.74, 6) is -0.549. The van der Waals surface area contributed by atoms with Crippen LogP contribution in [0.2, 0.25) is 0 Å². The van der Waals surface area contributed by atoms with Gasteiger partial charge in [0.2, 0.25) is 5.91 Å². The Balaban J connectivity index is 2.30. The van der Waals surface area contributed by atoms with Gasteiger partial charge >= 0.3 is 0 Å². The SMILES string of the molecule is CC[C@@H](N)c1ccc(N2CC(=O)NC(=O)C2(C)C)cc1. The van der Waals surface area contributed by atoms with Crippen LogP contribution in [0.4, 0.5) is 5.69 Å². The lowest BCUT2D eigenvalue weighted by Gasteiger charge is -2.41. The van der Waals surface area contributed by atoms with Crippen molar-refractivity contribution in [3.8, 4) is 0 Å². The number of nitrogens with two attached hydrogens (primary N) is 1. The van der Waals surface area contributed by atoms with Crippen LogP contribution in [-0.4, -0.2) is 23.9 Å². The fourth-order valence-corrected chi connectivity index (χ4v) is 2.33. The highest BCUT2D eigenvalue weighted by Gasteiger charge is 2.40. The molecular formula is C15H21N3O2. The van der Waals surface area contributed by atoms with E-state index >= 15 is 0 Å². The van der Waals surface area contributed by atoms with Gasteiger partial charge in [-0.15, -0.1) is 0 Å². The number of rotatable bonds is 3. The molecule has 1 aliphatic rings. The van der Waals surface area contributed by atoms with E-state index < -0.39 is 5.54 Å². The van der Waals surface area contributed by atoms with E-state index in [0.717, 1.165) is 17.7 Å². The second-order valence-corrected chi connectivity index (χ2v) is 5.63. The third-order valence-electron chi connectivity index (χ3n) is 3.86. The summed E-state index contributed by atoms with van der Waals surface area (Å²) >= 11 is 0. The minimum Gasteiger partial charge on any atom is -0.348 e. The Kier molecular flexibility index (Phi) is 3.81. The van der Waals surface area contributed by atoms with Crippen LogP contribution in [0.15, 0.2) is 24.3 Å². The summed E-state index contributed by atoms with van der Waals surface area (Å²) in [6.07, 6.45) is 0.870. The molecule has 1 aromatic carbocycles. The molecule has 1 aliphatic heterocycles. The second kappa shape index (κ2) is 5.25. The molecule has 0 bridgehead atoms. The van der Waals surface area contributed by atoms with Crippen LogP contribution < -0.4 is 16.0 Å². The maximum atomic E-state index is 11.9. The van der Waals surface area contributed by atoms with Crippen molar-refractivity contribution >= 4 is 17.5 Å². The number of hydrogen-bond donors (Lipinski definition) is 2. The monoisotopic (exact) mass is 275 g/mol. The Morgan fingerprint density at radius 2 is 1.90 bits per heavy atom. The molecule has 5 nitrogen and oxygen atoms in total. The highest BCUT2D eigenvalue weighted by atomic mass is 16.2. The minimum atomic E-state index is -0.748. The summed E-state index contributed by atoms with van der Waals surface area (Å²) in [7, 11) is 0. The van der Waals surface area contributed by atoms with E-state index in [1.807, 2.05) is 36.1 Å². The molecular weight excluding hydrogens is 254 g/mol. The van der Waals surface area contributed by atoms with Gasteiger partial charge in [0, 0.05) is 11.7 Å². The molecule has 1 fully saturated rings. The van der Waals surface area contributed by atoms with Crippen LogP contribution in [0.5, 0.6) is 0 Å². The molecule has 20 heavy (non-hydrogen) atoms. The Labute approximate surface area is 119 Å². The summed E-state index contributed by atoms with van der Waals surface area (Å²) in [6.45, 7) is 5.83. The molecule has 5 heteroatoms. The van der Waals surface area contributed by atoms with E-state index in [0.29, 0.717) is 0 Å². The van der Waals surface area contributed by atoms with Crippen molar-refractivity contribution in [1.29, 1.82) is 0 Å². The van der Waals surface area contributed by atoms with Gasteiger partial charge in [0.1, 0.15) is 5.54 Å². The van der Waals surface area contributed by atoms with E-state index in [9.17, 15) is 9.59 Å². The second-order valence-electron chi connectivity index (χ2n) is 5.63. The summed E-state index contributed by atoms with van der Waals surface area (Å²) in [5, 5.41) is 2.37. The smallest absolute Gasteiger partial charge is 0.251 e. The number of amides is 2. The molecule has 0 saturated carbocycles. The molecule has 2 rings (SSSR count). The number of imide groups is 1. The molecule has 0 aromatic heterocycles. The standard InChI is InChI=1S/C15H21N3O2/c1-4-12(16)10-5-7-11(8-6-10)18-9-13(19)17-14(20)15(18,2)3/h5-8,12H,4,9,16H2,1-3H3,(H,17,19,20)/t12-/m1/s1. The molecule has 1 atom stereocenters. The van der Waals surface area contributed by atoms with E-state index in [1.54, 1.807) is 13.8 Å². The van der Waals surface area contributed by atoms with Crippen molar-refractivity contribution in [2.75, 3.05) is 11.4 Å². The lowest BCUT2D eigenvalue weighted by atomic mass is 9.97. The van der Waals surface area contributed by atoms with Gasteiger partial charge in [-0.3, -0.25) is 14.9 Å². The summed E-state index contributed by atoms with van der Waals surface area (Å²) in [6, 6.07) is 7.76. The first-order chi connectivity index (χ1) is 9.36. The van der Waals surface area contributed by atoms with Gasteiger partial charge in [-0.05, 0) is 38.0 Å². The average Bonchev–Trinajstić information content (AvgIpc) is 2.42. The molecule has 0 unspecified atom stereocenters. The average molecular weight is 275 g/mol. The van der Waals surface area contributed by atoms with Gasteiger partial charge in [0.05, 0.1) is 6.54 Å². The number of carbonyl (C=O) groups is 2. The molecule has 1 saturated heterocycles. The fourth-order valence-electron chi connectivity index (χ4n) is 2.33. The van der Waals surface area contributed by atoms with Gasteiger partial charge in [-0.2, -0.15) is 0 Å². The lowest BCUT2D eigenvalue weighted by molar-refractivity contribution is -0.135. The Morgan fingerprint density at radius 1 is 1.30 bits per heavy atom. The third kappa shape index (κ3) is 2.54. The number of hydrogen-bond acceptors (Lipinski definition) is 4. The maximum Gasteiger partial charge on any atom is 0.251 e. The first-order valence-electron chi connectivity index (χ1n) is 6.83. The predicted octanol–water partition coefficient (Wildman–Crippen LogP) is 1.34. The van der Waals surface area contributed by atoms with Crippen LogP contribution in [0, 0.1) is 0 Å². The summed E-state index contributed by atoms with van der Waals surface area (Å²) in [5.41, 5.74) is 7.15. The first-order valence-corrected chi connectivity index (χ1v) is 6.83.